The van der Waals surface area contributed by atoms with Crippen molar-refractivity contribution < 1.29 is 9.53 Å². The second-order valence-electron chi connectivity index (χ2n) is 8.71. The predicted molar refractivity (Wildman–Crippen MR) is 140 cm³/mol. The molecular formula is C26H33N3O3S2. The maximum absolute atomic E-state index is 13.7. The fraction of sp³-hybridized carbons (Fsp3) is 0.500. The van der Waals surface area contributed by atoms with Crippen LogP contribution in [0, 0.1) is 6.92 Å². The van der Waals surface area contributed by atoms with Gasteiger partial charge in [-0.3, -0.25) is 14.2 Å². The van der Waals surface area contributed by atoms with Crippen LogP contribution >= 0.6 is 23.1 Å². The van der Waals surface area contributed by atoms with Gasteiger partial charge in [-0.2, -0.15) is 0 Å². The maximum Gasteiger partial charge on any atom is 0.263 e. The van der Waals surface area contributed by atoms with Crippen LogP contribution in [0.3, 0.4) is 0 Å². The first-order chi connectivity index (χ1) is 16.4. The van der Waals surface area contributed by atoms with Crippen molar-refractivity contribution in [1.82, 2.24) is 14.5 Å². The first-order valence-electron chi connectivity index (χ1n) is 12.1. The van der Waals surface area contributed by atoms with Crippen molar-refractivity contribution in [1.29, 1.82) is 0 Å². The third-order valence-corrected chi connectivity index (χ3v) is 8.50. The second kappa shape index (κ2) is 11.1. The van der Waals surface area contributed by atoms with Crippen LogP contribution in [-0.2, 0) is 29.0 Å². The SMILES string of the molecule is CCc1c(C)sc2nc(SC(C)C(=O)N(CC)Cc3ccccc3)n(CC3CCCO3)c(=O)c12. The Morgan fingerprint density at radius 2 is 2.09 bits per heavy atom. The van der Waals surface area contributed by atoms with Gasteiger partial charge in [0, 0.05) is 24.6 Å². The van der Waals surface area contributed by atoms with Crippen LogP contribution in [0.1, 0.15) is 49.6 Å². The molecule has 4 rings (SSSR count). The van der Waals surface area contributed by atoms with E-state index in [0.29, 0.717) is 24.8 Å². The topological polar surface area (TPSA) is 64.4 Å². The van der Waals surface area contributed by atoms with Gasteiger partial charge in [-0.25, -0.2) is 4.98 Å². The Morgan fingerprint density at radius 1 is 1.32 bits per heavy atom. The lowest BCUT2D eigenvalue weighted by molar-refractivity contribution is -0.130. The van der Waals surface area contributed by atoms with Gasteiger partial charge in [0.05, 0.1) is 23.3 Å². The summed E-state index contributed by atoms with van der Waals surface area (Å²) in [6, 6.07) is 10.0. The highest BCUT2D eigenvalue weighted by atomic mass is 32.2. The molecule has 2 unspecified atom stereocenters. The molecule has 3 aromatic rings. The van der Waals surface area contributed by atoms with Crippen molar-refractivity contribution in [2.24, 2.45) is 0 Å². The summed E-state index contributed by atoms with van der Waals surface area (Å²) in [5, 5.41) is 0.967. The standard InChI is InChI=1S/C26H33N3O3S2/c1-5-21-17(3)33-23-22(21)25(31)29(16-20-13-10-14-32-20)26(27-23)34-18(4)24(30)28(6-2)15-19-11-8-7-9-12-19/h7-9,11-12,18,20H,5-6,10,13-16H2,1-4H3. The highest BCUT2D eigenvalue weighted by Gasteiger charge is 2.27. The molecule has 1 fully saturated rings. The van der Waals surface area contributed by atoms with Crippen LogP contribution in [0.2, 0.25) is 0 Å². The van der Waals surface area contributed by atoms with Crippen LogP contribution in [0.4, 0.5) is 0 Å². The number of aryl methyl sites for hydroxylation is 2. The zero-order valence-corrected chi connectivity index (χ0v) is 22.0. The third-order valence-electron chi connectivity index (χ3n) is 6.38. The number of thiophene rings is 1. The molecule has 1 saturated heterocycles. The third kappa shape index (κ3) is 5.24. The molecule has 0 N–H and O–H groups in total. The molecule has 0 bridgehead atoms. The summed E-state index contributed by atoms with van der Waals surface area (Å²) in [7, 11) is 0. The first kappa shape index (κ1) is 24.9. The normalized spacial score (nSPS) is 16.8. The summed E-state index contributed by atoms with van der Waals surface area (Å²) in [5.41, 5.74) is 2.17. The van der Waals surface area contributed by atoms with E-state index in [-0.39, 0.29) is 22.8 Å². The van der Waals surface area contributed by atoms with Gasteiger partial charge in [0.15, 0.2) is 5.16 Å². The van der Waals surface area contributed by atoms with Gasteiger partial charge in [-0.05, 0) is 51.2 Å². The fourth-order valence-electron chi connectivity index (χ4n) is 4.51. The number of thioether (sulfide) groups is 1. The Balaban J connectivity index is 1.65. The van der Waals surface area contributed by atoms with Crippen LogP contribution in [0.25, 0.3) is 10.2 Å². The number of benzene rings is 1. The van der Waals surface area contributed by atoms with Gasteiger partial charge in [-0.15, -0.1) is 11.3 Å². The van der Waals surface area contributed by atoms with E-state index in [2.05, 4.69) is 13.8 Å². The molecule has 0 spiro atoms. The number of amides is 1. The summed E-state index contributed by atoms with van der Waals surface area (Å²) < 4.78 is 7.60. The number of ether oxygens (including phenoxy) is 1. The van der Waals surface area contributed by atoms with Gasteiger partial charge < -0.3 is 9.64 Å². The number of hydrogen-bond donors (Lipinski definition) is 0. The fourth-order valence-corrected chi connectivity index (χ4v) is 6.67. The molecule has 3 heterocycles. The molecule has 34 heavy (non-hydrogen) atoms. The Hall–Kier alpha value is -2.16. The maximum atomic E-state index is 13.7. The van der Waals surface area contributed by atoms with Crippen molar-refractivity contribution in [2.75, 3.05) is 13.2 Å². The van der Waals surface area contributed by atoms with E-state index in [4.69, 9.17) is 9.72 Å². The molecule has 2 aromatic heterocycles. The molecule has 0 aliphatic carbocycles. The number of rotatable bonds is 9. The highest BCUT2D eigenvalue weighted by molar-refractivity contribution is 8.00. The molecule has 1 aliphatic heterocycles. The van der Waals surface area contributed by atoms with E-state index < -0.39 is 0 Å². The Kier molecular flexibility index (Phi) is 8.11. The van der Waals surface area contributed by atoms with Gasteiger partial charge in [0.1, 0.15) is 4.83 Å². The molecule has 2 atom stereocenters. The minimum Gasteiger partial charge on any atom is -0.376 e. The predicted octanol–water partition coefficient (Wildman–Crippen LogP) is 5.04. The number of nitrogens with zero attached hydrogens (tertiary/aromatic N) is 3. The lowest BCUT2D eigenvalue weighted by Crippen LogP contribution is -2.36. The van der Waals surface area contributed by atoms with Gasteiger partial charge in [0.2, 0.25) is 5.91 Å². The molecule has 0 saturated carbocycles. The summed E-state index contributed by atoms with van der Waals surface area (Å²) in [5.74, 6) is 0.0472. The minimum atomic E-state index is -0.365. The minimum absolute atomic E-state index is 0.0114. The number of fused-ring (bicyclic) bond motifs is 1. The van der Waals surface area contributed by atoms with Crippen LogP contribution in [0.15, 0.2) is 40.3 Å². The summed E-state index contributed by atoms with van der Waals surface area (Å²) in [6.07, 6.45) is 2.76. The molecule has 1 amide bonds. The molecular weight excluding hydrogens is 466 g/mol. The second-order valence-corrected chi connectivity index (χ2v) is 11.2. The van der Waals surface area contributed by atoms with E-state index in [1.54, 1.807) is 15.9 Å². The molecule has 182 valence electrons. The van der Waals surface area contributed by atoms with Crippen LogP contribution in [0.5, 0.6) is 0 Å². The average molecular weight is 500 g/mol. The summed E-state index contributed by atoms with van der Waals surface area (Å²) in [4.78, 5) is 35.7. The van der Waals surface area contributed by atoms with Crippen molar-refractivity contribution in [3.63, 3.8) is 0 Å². The van der Waals surface area contributed by atoms with Crippen molar-refractivity contribution in [3.05, 3.63) is 56.7 Å². The van der Waals surface area contributed by atoms with Crippen molar-refractivity contribution >= 4 is 39.2 Å². The van der Waals surface area contributed by atoms with Crippen LogP contribution < -0.4 is 5.56 Å². The quantitative estimate of drug-likeness (QED) is 0.305. The number of hydrogen-bond acceptors (Lipinski definition) is 6. The van der Waals surface area contributed by atoms with E-state index >= 15 is 0 Å². The molecule has 1 aromatic carbocycles. The summed E-state index contributed by atoms with van der Waals surface area (Å²) >= 11 is 2.95. The van der Waals surface area contributed by atoms with E-state index in [0.717, 1.165) is 52.1 Å². The number of aromatic nitrogens is 2. The number of carbonyl (C=O) groups excluding carboxylic acids is 1. The van der Waals surface area contributed by atoms with E-state index in [1.807, 2.05) is 49.1 Å². The zero-order valence-electron chi connectivity index (χ0n) is 20.4. The Bertz CT molecular complexity index is 1200. The van der Waals surface area contributed by atoms with Gasteiger partial charge >= 0.3 is 0 Å². The van der Waals surface area contributed by atoms with Gasteiger partial charge in [0.25, 0.3) is 5.56 Å². The lowest BCUT2D eigenvalue weighted by Gasteiger charge is -2.25. The summed E-state index contributed by atoms with van der Waals surface area (Å²) in [6.45, 7) is 10.4. The van der Waals surface area contributed by atoms with Gasteiger partial charge in [-0.1, -0.05) is 49.0 Å². The van der Waals surface area contributed by atoms with E-state index in [1.165, 1.54) is 11.8 Å². The molecule has 8 heteroatoms. The van der Waals surface area contributed by atoms with Crippen molar-refractivity contribution in [2.45, 2.75) is 76.6 Å². The molecule has 6 nitrogen and oxygen atoms in total. The highest BCUT2D eigenvalue weighted by Crippen LogP contribution is 2.31. The van der Waals surface area contributed by atoms with E-state index in [9.17, 15) is 9.59 Å². The molecule has 0 radical (unpaired) electrons. The number of carbonyl (C=O) groups is 1. The van der Waals surface area contributed by atoms with Crippen molar-refractivity contribution in [3.8, 4) is 0 Å². The largest absolute Gasteiger partial charge is 0.376 e. The van der Waals surface area contributed by atoms with Crippen LogP contribution in [-0.4, -0.2) is 44.9 Å². The zero-order chi connectivity index (χ0) is 24.2. The molecule has 1 aliphatic rings. The average Bonchev–Trinajstić information content (AvgIpc) is 3.47. The first-order valence-corrected chi connectivity index (χ1v) is 13.8. The Morgan fingerprint density at radius 3 is 2.74 bits per heavy atom. The Labute approximate surface area is 209 Å². The monoisotopic (exact) mass is 499 g/mol. The lowest BCUT2D eigenvalue weighted by atomic mass is 10.1. The smallest absolute Gasteiger partial charge is 0.263 e.